The van der Waals surface area contributed by atoms with Crippen molar-refractivity contribution < 1.29 is 0 Å². The Labute approximate surface area is 342 Å². The number of hydrogen-bond donors (Lipinski definition) is 0. The molecule has 11 rings (SSSR count). The Morgan fingerprint density at radius 1 is 0.305 bits per heavy atom. The van der Waals surface area contributed by atoms with Gasteiger partial charge in [-0.25, -0.2) is 14.5 Å². The fourth-order valence-electron chi connectivity index (χ4n) is 8.49. The topological polar surface area (TPSA) is 43.1 Å². The third-order valence-electron chi connectivity index (χ3n) is 11.2. The first-order valence-corrected chi connectivity index (χ1v) is 20.0. The summed E-state index contributed by atoms with van der Waals surface area (Å²) in [5, 5.41) is 8.93. The van der Waals surface area contributed by atoms with Crippen molar-refractivity contribution in [3.63, 3.8) is 0 Å². The first kappa shape index (κ1) is 34.3. The highest BCUT2D eigenvalue weighted by molar-refractivity contribution is 6.15. The maximum Gasteiger partial charge on any atom is 0.160 e. The van der Waals surface area contributed by atoms with Crippen molar-refractivity contribution in [1.82, 2.24) is 19.6 Å². The van der Waals surface area contributed by atoms with Gasteiger partial charge in [-0.15, -0.1) is 0 Å². The summed E-state index contributed by atoms with van der Waals surface area (Å²) in [6, 6.07) is 76.8. The van der Waals surface area contributed by atoms with E-state index in [2.05, 4.69) is 199 Å². The minimum Gasteiger partial charge on any atom is -0.231 e. The smallest absolute Gasteiger partial charge is 0.160 e. The number of hydrogen-bond acceptors (Lipinski definition) is 3. The molecular formula is C55H36N4. The third-order valence-corrected chi connectivity index (χ3v) is 11.2. The summed E-state index contributed by atoms with van der Waals surface area (Å²) in [5.41, 5.74) is 15.7. The molecule has 0 fully saturated rings. The molecule has 276 valence electrons. The predicted molar refractivity (Wildman–Crippen MR) is 244 cm³/mol. The van der Waals surface area contributed by atoms with E-state index in [1.54, 1.807) is 0 Å². The Hall–Kier alpha value is -7.95. The highest BCUT2D eigenvalue weighted by Crippen LogP contribution is 2.46. The van der Waals surface area contributed by atoms with Crippen LogP contribution in [0.5, 0.6) is 0 Å². The summed E-state index contributed by atoms with van der Waals surface area (Å²) in [4.78, 5) is 10.2. The molecule has 0 spiro atoms. The van der Waals surface area contributed by atoms with Crippen molar-refractivity contribution in [1.29, 1.82) is 0 Å². The predicted octanol–water partition coefficient (Wildman–Crippen LogP) is 14.1. The van der Waals surface area contributed by atoms with Gasteiger partial charge in [-0.05, 0) is 39.8 Å². The Morgan fingerprint density at radius 3 is 1.51 bits per heavy atom. The molecule has 11 aromatic rings. The van der Waals surface area contributed by atoms with Crippen LogP contribution in [0.2, 0.25) is 0 Å². The lowest BCUT2D eigenvalue weighted by Gasteiger charge is -2.18. The lowest BCUT2D eigenvalue weighted by atomic mass is 9.90. The van der Waals surface area contributed by atoms with Crippen LogP contribution < -0.4 is 0 Å². The van der Waals surface area contributed by atoms with E-state index in [0.29, 0.717) is 5.82 Å². The quantitative estimate of drug-likeness (QED) is 0.163. The standard InChI is InChI=1S/C55H36N4/c1-5-18-37(19-6-1)38-32-34-40(35-33-38)52-50(39-20-7-2-8-21-39)54-46-29-14-13-28-45(46)49(53(59(54)58-52)41-22-9-3-10-23-41)43-26-17-27-44(36-43)51-47-30-15-16-31-48(47)56-55(57-51)42-24-11-4-12-25-42/h1-36H. The van der Waals surface area contributed by atoms with Crippen molar-refractivity contribution in [2.45, 2.75) is 0 Å². The molecule has 0 saturated carbocycles. The number of rotatable bonds is 7. The van der Waals surface area contributed by atoms with Gasteiger partial charge < -0.3 is 0 Å². The van der Waals surface area contributed by atoms with Crippen molar-refractivity contribution in [3.05, 3.63) is 218 Å². The van der Waals surface area contributed by atoms with Gasteiger partial charge in [0.25, 0.3) is 0 Å². The average molecular weight is 753 g/mol. The van der Waals surface area contributed by atoms with E-state index in [-0.39, 0.29) is 0 Å². The van der Waals surface area contributed by atoms with Crippen molar-refractivity contribution in [2.24, 2.45) is 0 Å². The number of aromatic nitrogens is 4. The molecule has 59 heavy (non-hydrogen) atoms. The fraction of sp³-hybridized carbons (Fsp3) is 0. The highest BCUT2D eigenvalue weighted by atomic mass is 15.2. The molecule has 3 aromatic heterocycles. The van der Waals surface area contributed by atoms with Crippen LogP contribution >= 0.6 is 0 Å². The van der Waals surface area contributed by atoms with E-state index in [4.69, 9.17) is 15.1 Å². The zero-order chi connectivity index (χ0) is 39.1. The van der Waals surface area contributed by atoms with Gasteiger partial charge >= 0.3 is 0 Å². The molecule has 0 saturated heterocycles. The first-order chi connectivity index (χ1) is 29.3. The molecule has 0 atom stereocenters. The molecule has 4 heteroatoms. The van der Waals surface area contributed by atoms with Crippen LogP contribution in [0.1, 0.15) is 0 Å². The van der Waals surface area contributed by atoms with E-state index >= 15 is 0 Å². The van der Waals surface area contributed by atoms with Crippen LogP contribution in [0, 0.1) is 0 Å². The second-order valence-corrected chi connectivity index (χ2v) is 14.8. The lowest BCUT2D eigenvalue weighted by molar-refractivity contribution is 0.981. The van der Waals surface area contributed by atoms with E-state index < -0.39 is 0 Å². The van der Waals surface area contributed by atoms with E-state index in [1.165, 1.54) is 11.1 Å². The number of para-hydroxylation sites is 1. The second kappa shape index (κ2) is 14.5. The molecule has 0 unspecified atom stereocenters. The molecule has 0 bridgehead atoms. The summed E-state index contributed by atoms with van der Waals surface area (Å²) in [6.45, 7) is 0. The van der Waals surface area contributed by atoms with Crippen LogP contribution in [0.4, 0.5) is 0 Å². The van der Waals surface area contributed by atoms with Gasteiger partial charge in [0, 0.05) is 44.2 Å². The summed E-state index contributed by atoms with van der Waals surface area (Å²) in [5.74, 6) is 0.705. The molecule has 0 amide bonds. The lowest BCUT2D eigenvalue weighted by Crippen LogP contribution is -2.00. The fourth-order valence-corrected chi connectivity index (χ4v) is 8.49. The zero-order valence-corrected chi connectivity index (χ0v) is 32.1. The molecule has 0 aliphatic carbocycles. The number of nitrogens with zero attached hydrogens (tertiary/aromatic N) is 4. The highest BCUT2D eigenvalue weighted by Gasteiger charge is 2.25. The summed E-state index contributed by atoms with van der Waals surface area (Å²) >= 11 is 0. The van der Waals surface area contributed by atoms with Gasteiger partial charge in [-0.2, -0.15) is 5.10 Å². The van der Waals surface area contributed by atoms with Crippen LogP contribution in [-0.4, -0.2) is 19.6 Å². The van der Waals surface area contributed by atoms with E-state index in [1.807, 2.05) is 24.3 Å². The molecule has 0 N–H and O–H groups in total. The summed E-state index contributed by atoms with van der Waals surface area (Å²) in [6.07, 6.45) is 0. The SMILES string of the molecule is c1ccc(-c2ccc(-c3nn4c(-c5ccccc5)c(-c5cccc(-c6nc(-c7ccccc7)nc7ccccc67)c5)c5ccccc5c4c3-c3ccccc3)cc2)cc1. The molecular weight excluding hydrogens is 717 g/mol. The average Bonchev–Trinajstić information content (AvgIpc) is 3.73. The van der Waals surface area contributed by atoms with Crippen molar-refractivity contribution in [3.8, 4) is 78.5 Å². The van der Waals surface area contributed by atoms with E-state index in [9.17, 15) is 0 Å². The van der Waals surface area contributed by atoms with E-state index in [0.717, 1.165) is 88.8 Å². The molecule has 3 heterocycles. The monoisotopic (exact) mass is 752 g/mol. The minimum absolute atomic E-state index is 0.705. The van der Waals surface area contributed by atoms with Gasteiger partial charge in [-0.1, -0.05) is 206 Å². The maximum atomic E-state index is 5.64. The third kappa shape index (κ3) is 6.06. The maximum absolute atomic E-state index is 5.64. The molecule has 0 radical (unpaired) electrons. The van der Waals surface area contributed by atoms with Gasteiger partial charge in [-0.3, -0.25) is 0 Å². The van der Waals surface area contributed by atoms with Gasteiger partial charge in [0.1, 0.15) is 5.69 Å². The summed E-state index contributed by atoms with van der Waals surface area (Å²) in [7, 11) is 0. The van der Waals surface area contributed by atoms with Crippen molar-refractivity contribution >= 4 is 27.2 Å². The molecule has 0 aliphatic rings. The van der Waals surface area contributed by atoms with Crippen LogP contribution in [0.25, 0.3) is 106 Å². The Balaban J connectivity index is 1.20. The van der Waals surface area contributed by atoms with Crippen LogP contribution in [-0.2, 0) is 0 Å². The number of pyridine rings is 1. The molecule has 8 aromatic carbocycles. The summed E-state index contributed by atoms with van der Waals surface area (Å²) < 4.78 is 2.20. The Morgan fingerprint density at radius 2 is 0.814 bits per heavy atom. The minimum atomic E-state index is 0.705. The van der Waals surface area contributed by atoms with Gasteiger partial charge in [0.2, 0.25) is 0 Å². The van der Waals surface area contributed by atoms with Crippen LogP contribution in [0.3, 0.4) is 0 Å². The Kier molecular flexibility index (Phi) is 8.45. The Bertz CT molecular complexity index is 3280. The zero-order valence-electron chi connectivity index (χ0n) is 32.1. The number of benzene rings is 8. The van der Waals surface area contributed by atoms with Crippen LogP contribution in [0.15, 0.2) is 218 Å². The molecule has 4 nitrogen and oxygen atoms in total. The van der Waals surface area contributed by atoms with Crippen molar-refractivity contribution in [2.75, 3.05) is 0 Å². The van der Waals surface area contributed by atoms with Gasteiger partial charge in [0.15, 0.2) is 5.82 Å². The second-order valence-electron chi connectivity index (χ2n) is 14.8. The number of fused-ring (bicyclic) bond motifs is 4. The molecule has 0 aliphatic heterocycles. The normalized spacial score (nSPS) is 11.4. The first-order valence-electron chi connectivity index (χ1n) is 20.0. The van der Waals surface area contributed by atoms with Gasteiger partial charge in [0.05, 0.1) is 22.4 Å². The largest absolute Gasteiger partial charge is 0.231 e.